The van der Waals surface area contributed by atoms with E-state index >= 15 is 0 Å². The molecule has 1 fully saturated rings. The summed E-state index contributed by atoms with van der Waals surface area (Å²) in [6.45, 7) is 0.443. The van der Waals surface area contributed by atoms with Crippen LogP contribution in [0.4, 0.5) is 0 Å². The van der Waals surface area contributed by atoms with Gasteiger partial charge in [0.15, 0.2) is 0 Å². The average molecular weight is 158 g/mol. The van der Waals surface area contributed by atoms with E-state index in [1.165, 1.54) is 0 Å². The molecule has 5 nitrogen and oxygen atoms in total. The van der Waals surface area contributed by atoms with Gasteiger partial charge < -0.3 is 10.8 Å². The summed E-state index contributed by atoms with van der Waals surface area (Å²) in [6.07, 6.45) is -1.24. The van der Waals surface area contributed by atoms with Crippen molar-refractivity contribution in [3.05, 3.63) is 0 Å². The van der Waals surface area contributed by atoms with Crippen LogP contribution in [0.15, 0.2) is 0 Å². The third kappa shape index (κ3) is 1.38. The van der Waals surface area contributed by atoms with Gasteiger partial charge in [0, 0.05) is 13.1 Å². The molecule has 0 aromatic carbocycles. The molecule has 5 heteroatoms. The van der Waals surface area contributed by atoms with Gasteiger partial charge in [-0.15, -0.1) is 0 Å². The van der Waals surface area contributed by atoms with Crippen LogP contribution < -0.4 is 5.73 Å². The molecule has 0 radical (unpaired) electrons. The summed E-state index contributed by atoms with van der Waals surface area (Å²) in [5, 5.41) is 8.91. The number of likely N-dealkylation sites (tertiary alicyclic amines) is 1. The second kappa shape index (κ2) is 2.98. The number of aliphatic hydroxyl groups excluding tert-OH is 1. The summed E-state index contributed by atoms with van der Waals surface area (Å²) >= 11 is 0. The second-order valence-corrected chi connectivity index (χ2v) is 2.39. The molecule has 62 valence electrons. The molecule has 0 bridgehead atoms. The zero-order valence-corrected chi connectivity index (χ0v) is 5.99. The van der Waals surface area contributed by atoms with Crippen molar-refractivity contribution in [3.8, 4) is 0 Å². The van der Waals surface area contributed by atoms with Crippen LogP contribution >= 0.6 is 0 Å². The molecule has 0 aliphatic carbocycles. The summed E-state index contributed by atoms with van der Waals surface area (Å²) in [4.78, 5) is 22.8. The molecule has 11 heavy (non-hydrogen) atoms. The normalized spacial score (nSPS) is 24.9. The van der Waals surface area contributed by atoms with Gasteiger partial charge >= 0.3 is 0 Å². The Hall–Kier alpha value is -0.940. The maximum Gasteiger partial charge on any atom is 0.258 e. The molecule has 1 aliphatic rings. The largest absolute Gasteiger partial charge is 0.383 e. The van der Waals surface area contributed by atoms with Crippen molar-refractivity contribution in [2.75, 3.05) is 13.1 Å². The molecular formula is C6H10N2O3. The molecule has 3 N–H and O–H groups in total. The Bertz CT molecular complexity index is 192. The first kappa shape index (κ1) is 8.16. The highest BCUT2D eigenvalue weighted by Gasteiger charge is 2.36. The van der Waals surface area contributed by atoms with Crippen molar-refractivity contribution in [2.24, 2.45) is 5.73 Å². The number of carbonyl (C=O) groups excluding carboxylic acids is 2. The van der Waals surface area contributed by atoms with E-state index < -0.39 is 12.0 Å². The van der Waals surface area contributed by atoms with E-state index in [-0.39, 0.29) is 25.4 Å². The van der Waals surface area contributed by atoms with E-state index in [0.717, 1.165) is 4.90 Å². The number of nitrogens with two attached hydrogens (primary N) is 1. The number of amides is 2. The van der Waals surface area contributed by atoms with Gasteiger partial charge in [0.2, 0.25) is 5.91 Å². The maximum atomic E-state index is 10.9. The number of rotatable bonds is 2. The lowest BCUT2D eigenvalue weighted by Crippen LogP contribution is -2.35. The van der Waals surface area contributed by atoms with E-state index in [9.17, 15) is 9.59 Å². The Balaban J connectivity index is 2.64. The quantitative estimate of drug-likeness (QED) is 0.458. The van der Waals surface area contributed by atoms with Gasteiger partial charge in [-0.05, 0) is 0 Å². The molecule has 1 atom stereocenters. The van der Waals surface area contributed by atoms with Gasteiger partial charge in [0.1, 0.15) is 6.10 Å². The SMILES string of the molecule is NCCN1C(=O)C[C@H](O)C1=O. The van der Waals surface area contributed by atoms with Crippen molar-refractivity contribution in [2.45, 2.75) is 12.5 Å². The molecule has 2 amide bonds. The van der Waals surface area contributed by atoms with Gasteiger partial charge in [-0.1, -0.05) is 0 Å². The van der Waals surface area contributed by atoms with Crippen LogP contribution in [-0.2, 0) is 9.59 Å². The molecule has 0 saturated carbocycles. The molecule has 0 unspecified atom stereocenters. The number of carbonyl (C=O) groups is 2. The molecule has 0 aromatic heterocycles. The van der Waals surface area contributed by atoms with E-state index in [4.69, 9.17) is 10.8 Å². The fourth-order valence-electron chi connectivity index (χ4n) is 1.03. The predicted molar refractivity (Wildman–Crippen MR) is 36.4 cm³/mol. The second-order valence-electron chi connectivity index (χ2n) is 2.39. The number of nitrogens with zero attached hydrogens (tertiary/aromatic N) is 1. The molecular weight excluding hydrogens is 148 g/mol. The van der Waals surface area contributed by atoms with Gasteiger partial charge in [0.25, 0.3) is 5.91 Å². The van der Waals surface area contributed by atoms with Crippen LogP contribution in [0.1, 0.15) is 6.42 Å². The first-order chi connectivity index (χ1) is 5.16. The minimum Gasteiger partial charge on any atom is -0.383 e. The lowest BCUT2D eigenvalue weighted by atomic mass is 10.3. The van der Waals surface area contributed by atoms with E-state index in [1.807, 2.05) is 0 Å². The Morgan fingerprint density at radius 3 is 2.64 bits per heavy atom. The zero-order chi connectivity index (χ0) is 8.43. The van der Waals surface area contributed by atoms with Gasteiger partial charge in [-0.3, -0.25) is 14.5 Å². The van der Waals surface area contributed by atoms with Crippen molar-refractivity contribution >= 4 is 11.8 Å². The van der Waals surface area contributed by atoms with Crippen molar-refractivity contribution in [3.63, 3.8) is 0 Å². The minimum atomic E-state index is -1.14. The molecule has 1 rings (SSSR count). The smallest absolute Gasteiger partial charge is 0.258 e. The van der Waals surface area contributed by atoms with Crippen LogP contribution in [0.2, 0.25) is 0 Å². The van der Waals surface area contributed by atoms with Crippen molar-refractivity contribution in [1.29, 1.82) is 0 Å². The van der Waals surface area contributed by atoms with E-state index in [2.05, 4.69) is 0 Å². The topological polar surface area (TPSA) is 83.6 Å². The number of aliphatic hydroxyl groups is 1. The Morgan fingerprint density at radius 1 is 1.64 bits per heavy atom. The minimum absolute atomic E-state index is 0.0984. The standard InChI is InChI=1S/C6H10N2O3/c7-1-2-8-5(10)3-4(9)6(8)11/h4,9H,1-3,7H2/t4-/m0/s1. The first-order valence-corrected chi connectivity index (χ1v) is 3.39. The summed E-state index contributed by atoms with van der Waals surface area (Å²) in [6, 6.07) is 0. The highest BCUT2D eigenvalue weighted by molar-refractivity contribution is 6.04. The highest BCUT2D eigenvalue weighted by Crippen LogP contribution is 2.11. The molecule has 1 aliphatic heterocycles. The van der Waals surface area contributed by atoms with E-state index in [0.29, 0.717) is 0 Å². The highest BCUT2D eigenvalue weighted by atomic mass is 16.3. The van der Waals surface area contributed by atoms with Crippen molar-refractivity contribution in [1.82, 2.24) is 4.90 Å². The lowest BCUT2D eigenvalue weighted by Gasteiger charge is -2.11. The molecule has 1 heterocycles. The van der Waals surface area contributed by atoms with Crippen LogP contribution in [-0.4, -0.2) is 41.0 Å². The Kier molecular flexibility index (Phi) is 2.21. The van der Waals surface area contributed by atoms with Gasteiger partial charge in [-0.2, -0.15) is 0 Å². The lowest BCUT2D eigenvalue weighted by molar-refractivity contribution is -0.140. The summed E-state index contributed by atoms with van der Waals surface area (Å²) in [5.74, 6) is -0.867. The van der Waals surface area contributed by atoms with Crippen LogP contribution in [0.25, 0.3) is 0 Å². The zero-order valence-electron chi connectivity index (χ0n) is 5.99. The Labute approximate surface area is 63.8 Å². The molecule has 0 spiro atoms. The van der Waals surface area contributed by atoms with Crippen LogP contribution in [0, 0.1) is 0 Å². The maximum absolute atomic E-state index is 10.9. The van der Waals surface area contributed by atoms with Crippen LogP contribution in [0.5, 0.6) is 0 Å². The summed E-state index contributed by atoms with van der Waals surface area (Å²) in [5.41, 5.74) is 5.15. The fraction of sp³-hybridized carbons (Fsp3) is 0.667. The average Bonchev–Trinajstić information content (AvgIpc) is 2.17. The van der Waals surface area contributed by atoms with Crippen molar-refractivity contribution < 1.29 is 14.7 Å². The Morgan fingerprint density at radius 2 is 2.27 bits per heavy atom. The monoisotopic (exact) mass is 158 g/mol. The number of hydrogen-bond donors (Lipinski definition) is 2. The molecule has 0 aromatic rings. The summed E-state index contributed by atoms with van der Waals surface area (Å²) in [7, 11) is 0. The van der Waals surface area contributed by atoms with Gasteiger partial charge in [0.05, 0.1) is 6.42 Å². The first-order valence-electron chi connectivity index (χ1n) is 3.39. The fourth-order valence-corrected chi connectivity index (χ4v) is 1.03. The third-order valence-corrected chi connectivity index (χ3v) is 1.57. The molecule has 1 saturated heterocycles. The predicted octanol–water partition coefficient (Wildman–Crippen LogP) is -1.94. The third-order valence-electron chi connectivity index (χ3n) is 1.57. The summed E-state index contributed by atoms with van der Waals surface area (Å²) < 4.78 is 0. The van der Waals surface area contributed by atoms with Gasteiger partial charge in [-0.25, -0.2) is 0 Å². The van der Waals surface area contributed by atoms with E-state index in [1.54, 1.807) is 0 Å². The van der Waals surface area contributed by atoms with Crippen LogP contribution in [0.3, 0.4) is 0 Å². The number of imide groups is 1. The number of hydrogen-bond acceptors (Lipinski definition) is 4.